The predicted molar refractivity (Wildman–Crippen MR) is 103 cm³/mol. The van der Waals surface area contributed by atoms with Gasteiger partial charge in [0.15, 0.2) is 0 Å². The van der Waals surface area contributed by atoms with Crippen molar-refractivity contribution in [3.05, 3.63) is 64.7 Å². The zero-order chi connectivity index (χ0) is 17.6. The largest absolute Gasteiger partial charge is 0.323 e. The number of benzene rings is 2. The monoisotopic (exact) mass is 357 g/mol. The summed E-state index contributed by atoms with van der Waals surface area (Å²) in [4.78, 5) is 16.8. The molecule has 0 aromatic heterocycles. The molecule has 1 fully saturated rings. The van der Waals surface area contributed by atoms with Crippen LogP contribution in [-0.4, -0.2) is 42.0 Å². The maximum absolute atomic E-state index is 12.5. The predicted octanol–water partition coefficient (Wildman–Crippen LogP) is 4.39. The summed E-state index contributed by atoms with van der Waals surface area (Å²) in [5, 5.41) is 3.75. The Labute approximate surface area is 154 Å². The molecule has 0 bridgehead atoms. The number of carbonyl (C=O) groups is 1. The van der Waals surface area contributed by atoms with E-state index in [1.54, 1.807) is 0 Å². The van der Waals surface area contributed by atoms with Crippen molar-refractivity contribution in [3.63, 3.8) is 0 Å². The van der Waals surface area contributed by atoms with Gasteiger partial charge in [-0.2, -0.15) is 0 Å². The number of amides is 2. The minimum atomic E-state index is -0.0165. The minimum Gasteiger partial charge on any atom is -0.323 e. The lowest BCUT2D eigenvalue weighted by Crippen LogP contribution is -2.38. The van der Waals surface area contributed by atoms with E-state index in [4.69, 9.17) is 11.6 Å². The van der Waals surface area contributed by atoms with Gasteiger partial charge < -0.3 is 10.2 Å². The van der Waals surface area contributed by atoms with E-state index < -0.39 is 0 Å². The molecule has 1 aliphatic heterocycles. The standard InChI is InChI=1S/C20H24ClN3O/c1-16-3-9-19(10-4-16)22-20(25)24-12-2-11-23(13-14-24)15-17-5-7-18(21)8-6-17/h3-10H,2,11-15H2,1H3,(H,22,25). The molecular formula is C20H24ClN3O. The summed E-state index contributed by atoms with van der Waals surface area (Å²) in [7, 11) is 0. The van der Waals surface area contributed by atoms with E-state index in [9.17, 15) is 4.79 Å². The SMILES string of the molecule is Cc1ccc(NC(=O)N2CCCN(Cc3ccc(Cl)cc3)CC2)cc1. The third-order valence-corrected chi connectivity index (χ3v) is 4.75. The second kappa shape index (κ2) is 8.37. The number of urea groups is 1. The molecule has 25 heavy (non-hydrogen) atoms. The second-order valence-electron chi connectivity index (χ2n) is 6.54. The fourth-order valence-corrected chi connectivity index (χ4v) is 3.15. The maximum atomic E-state index is 12.5. The van der Waals surface area contributed by atoms with Gasteiger partial charge in [0.05, 0.1) is 0 Å². The summed E-state index contributed by atoms with van der Waals surface area (Å²) in [6.07, 6.45) is 0.981. The van der Waals surface area contributed by atoms with Crippen LogP contribution in [0.15, 0.2) is 48.5 Å². The third kappa shape index (κ3) is 5.21. The molecule has 1 N–H and O–H groups in total. The average molecular weight is 358 g/mol. The highest BCUT2D eigenvalue weighted by Gasteiger charge is 2.19. The lowest BCUT2D eigenvalue weighted by molar-refractivity contribution is 0.211. The van der Waals surface area contributed by atoms with E-state index in [1.165, 1.54) is 11.1 Å². The second-order valence-corrected chi connectivity index (χ2v) is 6.98. The van der Waals surface area contributed by atoms with Crippen LogP contribution in [0.25, 0.3) is 0 Å². The van der Waals surface area contributed by atoms with Crippen molar-refractivity contribution in [1.29, 1.82) is 0 Å². The number of anilines is 1. The summed E-state index contributed by atoms with van der Waals surface area (Å²) in [6.45, 7) is 6.33. The molecule has 0 radical (unpaired) electrons. The van der Waals surface area contributed by atoms with Gasteiger partial charge in [-0.05, 0) is 43.2 Å². The normalized spacial score (nSPS) is 15.7. The van der Waals surface area contributed by atoms with Crippen molar-refractivity contribution in [1.82, 2.24) is 9.80 Å². The topological polar surface area (TPSA) is 35.6 Å². The first-order valence-electron chi connectivity index (χ1n) is 8.69. The Bertz CT molecular complexity index is 700. The highest BCUT2D eigenvalue weighted by molar-refractivity contribution is 6.30. The molecular weight excluding hydrogens is 334 g/mol. The van der Waals surface area contributed by atoms with Gasteiger partial charge in [0.25, 0.3) is 0 Å². The Hall–Kier alpha value is -2.04. The molecule has 0 spiro atoms. The summed E-state index contributed by atoms with van der Waals surface area (Å²) in [5.74, 6) is 0. The van der Waals surface area contributed by atoms with Crippen LogP contribution in [-0.2, 0) is 6.54 Å². The lowest BCUT2D eigenvalue weighted by Gasteiger charge is -2.22. The number of nitrogens with zero attached hydrogens (tertiary/aromatic N) is 2. The molecule has 1 aliphatic rings. The number of hydrogen-bond donors (Lipinski definition) is 1. The van der Waals surface area contributed by atoms with Crippen LogP contribution in [0.3, 0.4) is 0 Å². The van der Waals surface area contributed by atoms with Crippen LogP contribution in [0.1, 0.15) is 17.5 Å². The van der Waals surface area contributed by atoms with Crippen LogP contribution in [0.2, 0.25) is 5.02 Å². The number of aryl methyl sites for hydroxylation is 1. The van der Waals surface area contributed by atoms with Gasteiger partial charge in [-0.1, -0.05) is 41.4 Å². The Morgan fingerprint density at radius 1 is 1.00 bits per heavy atom. The van der Waals surface area contributed by atoms with E-state index in [1.807, 2.05) is 48.2 Å². The minimum absolute atomic E-state index is 0.0165. The summed E-state index contributed by atoms with van der Waals surface area (Å²) in [6, 6.07) is 15.9. The van der Waals surface area contributed by atoms with Gasteiger partial charge in [0.2, 0.25) is 0 Å². The molecule has 2 aromatic rings. The first-order valence-corrected chi connectivity index (χ1v) is 9.07. The Balaban J connectivity index is 1.52. The molecule has 4 nitrogen and oxygen atoms in total. The van der Waals surface area contributed by atoms with Crippen molar-refractivity contribution in [2.75, 3.05) is 31.5 Å². The molecule has 0 atom stereocenters. The Morgan fingerprint density at radius 3 is 2.44 bits per heavy atom. The molecule has 0 aliphatic carbocycles. The molecule has 2 amide bonds. The first kappa shape index (κ1) is 17.8. The van der Waals surface area contributed by atoms with Crippen molar-refractivity contribution in [2.24, 2.45) is 0 Å². The van der Waals surface area contributed by atoms with Gasteiger partial charge >= 0.3 is 6.03 Å². The van der Waals surface area contributed by atoms with Crippen LogP contribution >= 0.6 is 11.6 Å². The summed E-state index contributed by atoms with van der Waals surface area (Å²) >= 11 is 5.94. The Kier molecular flexibility index (Phi) is 5.95. The molecule has 2 aromatic carbocycles. The number of rotatable bonds is 3. The van der Waals surface area contributed by atoms with Gasteiger partial charge in [-0.25, -0.2) is 4.79 Å². The van der Waals surface area contributed by atoms with Gasteiger partial charge in [-0.3, -0.25) is 4.90 Å². The zero-order valence-corrected chi connectivity index (χ0v) is 15.3. The quantitative estimate of drug-likeness (QED) is 0.884. The molecule has 0 saturated carbocycles. The van der Waals surface area contributed by atoms with Crippen LogP contribution in [0.5, 0.6) is 0 Å². The fraction of sp³-hybridized carbons (Fsp3) is 0.350. The molecule has 3 rings (SSSR count). The average Bonchev–Trinajstić information content (AvgIpc) is 2.85. The van der Waals surface area contributed by atoms with Crippen LogP contribution in [0.4, 0.5) is 10.5 Å². The number of hydrogen-bond acceptors (Lipinski definition) is 2. The molecule has 5 heteroatoms. The van der Waals surface area contributed by atoms with Crippen molar-refractivity contribution < 1.29 is 4.79 Å². The fourth-order valence-electron chi connectivity index (χ4n) is 3.02. The van der Waals surface area contributed by atoms with Crippen molar-refractivity contribution in [3.8, 4) is 0 Å². The molecule has 0 unspecified atom stereocenters. The summed E-state index contributed by atoms with van der Waals surface area (Å²) < 4.78 is 0. The molecule has 132 valence electrons. The van der Waals surface area contributed by atoms with Crippen LogP contribution in [0, 0.1) is 6.92 Å². The molecule has 1 heterocycles. The smallest absolute Gasteiger partial charge is 0.321 e. The highest BCUT2D eigenvalue weighted by Crippen LogP contribution is 2.14. The van der Waals surface area contributed by atoms with Gasteiger partial charge in [0, 0.05) is 43.4 Å². The Morgan fingerprint density at radius 2 is 1.72 bits per heavy atom. The van der Waals surface area contributed by atoms with E-state index in [-0.39, 0.29) is 6.03 Å². The van der Waals surface area contributed by atoms with E-state index >= 15 is 0 Å². The number of carbonyl (C=O) groups excluding carboxylic acids is 1. The maximum Gasteiger partial charge on any atom is 0.321 e. The van der Waals surface area contributed by atoms with Crippen LogP contribution < -0.4 is 5.32 Å². The number of nitrogens with one attached hydrogen (secondary N) is 1. The first-order chi connectivity index (χ1) is 12.1. The zero-order valence-electron chi connectivity index (χ0n) is 14.5. The van der Waals surface area contributed by atoms with E-state index in [0.29, 0.717) is 0 Å². The molecule has 1 saturated heterocycles. The van der Waals surface area contributed by atoms with E-state index in [2.05, 4.69) is 22.3 Å². The van der Waals surface area contributed by atoms with Crippen molar-refractivity contribution >= 4 is 23.3 Å². The number of halogens is 1. The van der Waals surface area contributed by atoms with E-state index in [0.717, 1.165) is 49.9 Å². The van der Waals surface area contributed by atoms with Crippen molar-refractivity contribution in [2.45, 2.75) is 19.9 Å². The van der Waals surface area contributed by atoms with Gasteiger partial charge in [0.1, 0.15) is 0 Å². The summed E-state index contributed by atoms with van der Waals surface area (Å²) in [5.41, 5.74) is 3.28. The lowest BCUT2D eigenvalue weighted by atomic mass is 10.2. The third-order valence-electron chi connectivity index (χ3n) is 4.50. The van der Waals surface area contributed by atoms with Gasteiger partial charge in [-0.15, -0.1) is 0 Å². The highest BCUT2D eigenvalue weighted by atomic mass is 35.5.